The van der Waals surface area contributed by atoms with Crippen LogP contribution in [0.25, 0.3) is 0 Å². The Morgan fingerprint density at radius 2 is 1.60 bits per heavy atom. The Morgan fingerprint density at radius 1 is 1.03 bits per heavy atom. The van der Waals surface area contributed by atoms with Crippen molar-refractivity contribution in [3.8, 4) is 0 Å². The Kier molecular flexibility index (Phi) is 10.5. The molecule has 0 heterocycles. The van der Waals surface area contributed by atoms with E-state index in [1.807, 2.05) is 60.7 Å². The number of hydrogen-bond donors (Lipinski definition) is 2. The van der Waals surface area contributed by atoms with Crippen LogP contribution in [0.2, 0.25) is 0 Å². The Morgan fingerprint density at radius 3 is 2.11 bits per heavy atom. The van der Waals surface area contributed by atoms with Gasteiger partial charge in [0.1, 0.15) is 25.0 Å². The van der Waals surface area contributed by atoms with Crippen LogP contribution in [0.5, 0.6) is 0 Å². The van der Waals surface area contributed by atoms with Gasteiger partial charge in [0.2, 0.25) is 5.91 Å². The second-order valence-corrected chi connectivity index (χ2v) is 9.01. The van der Waals surface area contributed by atoms with Crippen LogP contribution in [0.1, 0.15) is 38.3 Å². The van der Waals surface area contributed by atoms with Crippen molar-refractivity contribution in [2.75, 3.05) is 6.73 Å². The van der Waals surface area contributed by atoms with Crippen molar-refractivity contribution < 1.29 is 29.0 Å². The maximum Gasteiger partial charge on any atom is 0.408 e. The summed E-state index contributed by atoms with van der Waals surface area (Å²) in [4.78, 5) is 40.4. The summed E-state index contributed by atoms with van der Waals surface area (Å²) >= 11 is 0. The number of allylic oxidation sites excluding steroid dienone is 1. The van der Waals surface area contributed by atoms with Crippen LogP contribution in [0.3, 0.4) is 0 Å². The van der Waals surface area contributed by atoms with Crippen molar-refractivity contribution in [3.05, 3.63) is 84.4 Å². The van der Waals surface area contributed by atoms with E-state index in [-0.39, 0.29) is 19.6 Å². The lowest BCUT2D eigenvalue weighted by atomic mass is 9.94. The minimum Gasteiger partial charge on any atom is -0.461 e. The number of carbonyl (C=O) groups excluding carboxylic acids is 3. The number of aliphatic hydroxyl groups excluding tert-OH is 1. The summed E-state index contributed by atoms with van der Waals surface area (Å²) in [6, 6.07) is 16.8. The van der Waals surface area contributed by atoms with E-state index in [9.17, 15) is 19.5 Å². The highest BCUT2D eigenvalue weighted by molar-refractivity contribution is 5.91. The van der Waals surface area contributed by atoms with Gasteiger partial charge in [0.25, 0.3) is 0 Å². The number of amides is 2. The van der Waals surface area contributed by atoms with Gasteiger partial charge < -0.3 is 24.8 Å². The lowest BCUT2D eigenvalue weighted by Gasteiger charge is -2.31. The molecule has 0 radical (unpaired) electrons. The fourth-order valence-corrected chi connectivity index (χ4v) is 3.35. The van der Waals surface area contributed by atoms with E-state index < -0.39 is 42.3 Å². The number of ether oxygens (including phenoxy) is 2. The van der Waals surface area contributed by atoms with Crippen LogP contribution >= 0.6 is 0 Å². The highest BCUT2D eigenvalue weighted by Crippen LogP contribution is 2.19. The first-order valence-corrected chi connectivity index (χ1v) is 11.4. The number of rotatable bonds is 11. The molecule has 8 heteroatoms. The highest BCUT2D eigenvalue weighted by atomic mass is 16.6. The molecule has 0 aliphatic rings. The van der Waals surface area contributed by atoms with E-state index in [1.54, 1.807) is 20.8 Å². The molecule has 2 N–H and O–H groups in total. The number of esters is 1. The number of nitrogens with zero attached hydrogens (tertiary/aromatic N) is 1. The molecule has 2 rings (SSSR count). The van der Waals surface area contributed by atoms with E-state index in [0.717, 1.165) is 16.0 Å². The fourth-order valence-electron chi connectivity index (χ4n) is 3.35. The maximum atomic E-state index is 13.5. The summed E-state index contributed by atoms with van der Waals surface area (Å²) in [5.74, 6) is -2.41. The van der Waals surface area contributed by atoms with Crippen LogP contribution in [0.4, 0.5) is 4.79 Å². The van der Waals surface area contributed by atoms with Gasteiger partial charge >= 0.3 is 12.1 Å². The van der Waals surface area contributed by atoms with Crippen molar-refractivity contribution in [2.24, 2.45) is 5.92 Å². The van der Waals surface area contributed by atoms with Crippen LogP contribution in [-0.4, -0.2) is 46.3 Å². The van der Waals surface area contributed by atoms with Crippen LogP contribution in [0, 0.1) is 5.92 Å². The molecule has 2 aromatic carbocycles. The molecule has 2 unspecified atom stereocenters. The summed E-state index contributed by atoms with van der Waals surface area (Å²) in [5, 5.41) is 12.5. The predicted molar refractivity (Wildman–Crippen MR) is 132 cm³/mol. The molecule has 0 spiro atoms. The molecule has 8 nitrogen and oxygen atoms in total. The average molecular weight is 483 g/mol. The lowest BCUT2D eigenvalue weighted by molar-refractivity contribution is -0.155. The Balaban J connectivity index is 2.30. The van der Waals surface area contributed by atoms with Gasteiger partial charge in [0.05, 0.1) is 5.92 Å². The van der Waals surface area contributed by atoms with Crippen LogP contribution in [-0.2, 0) is 32.2 Å². The summed E-state index contributed by atoms with van der Waals surface area (Å²) in [5.41, 5.74) is 0.736. The molecular weight excluding hydrogens is 448 g/mol. The van der Waals surface area contributed by atoms with Crippen molar-refractivity contribution in [3.63, 3.8) is 0 Å². The minimum atomic E-state index is -1.35. The highest BCUT2D eigenvalue weighted by Gasteiger charge is 2.38. The van der Waals surface area contributed by atoms with Gasteiger partial charge in [-0.2, -0.15) is 0 Å². The van der Waals surface area contributed by atoms with E-state index in [0.29, 0.717) is 0 Å². The first-order valence-electron chi connectivity index (χ1n) is 11.4. The van der Waals surface area contributed by atoms with E-state index >= 15 is 0 Å². The smallest absolute Gasteiger partial charge is 0.408 e. The number of carbonyl (C=O) groups is 3. The zero-order valence-corrected chi connectivity index (χ0v) is 20.5. The fraction of sp³-hybridized carbons (Fsp3) is 0.370. The number of aliphatic hydroxyl groups is 1. The SMILES string of the molecule is C=CCC(C(=O)OCc1ccccc1)C(NC(=O)OC(C)(C)C)C(=O)N(CO)Cc1ccccc1. The molecule has 0 aliphatic carbocycles. The van der Waals surface area contributed by atoms with Gasteiger partial charge in [-0.15, -0.1) is 6.58 Å². The molecule has 0 aliphatic heterocycles. The Hall–Kier alpha value is -3.65. The molecule has 2 atom stereocenters. The number of benzene rings is 2. The van der Waals surface area contributed by atoms with Gasteiger partial charge in [-0.3, -0.25) is 9.59 Å². The third kappa shape index (κ3) is 9.25. The van der Waals surface area contributed by atoms with Gasteiger partial charge in [-0.1, -0.05) is 66.7 Å². The van der Waals surface area contributed by atoms with E-state index in [4.69, 9.17) is 9.47 Å². The second kappa shape index (κ2) is 13.3. The van der Waals surface area contributed by atoms with E-state index in [2.05, 4.69) is 11.9 Å². The van der Waals surface area contributed by atoms with Crippen molar-refractivity contribution in [1.82, 2.24) is 10.2 Å². The standard InChI is InChI=1S/C27H34N2O6/c1-5-12-22(25(32)34-18-21-15-10-7-11-16-21)23(28-26(33)35-27(2,3)4)24(31)29(19-30)17-20-13-8-6-9-14-20/h5-11,13-16,22-23,30H,1,12,17-19H2,2-4H3,(H,28,33). The monoisotopic (exact) mass is 482 g/mol. The molecule has 0 saturated carbocycles. The van der Waals surface area contributed by atoms with Crippen molar-refractivity contribution in [2.45, 2.75) is 52.0 Å². The zero-order chi connectivity index (χ0) is 25.8. The minimum absolute atomic E-state index is 0.00833. The number of hydrogen-bond acceptors (Lipinski definition) is 6. The summed E-state index contributed by atoms with van der Waals surface area (Å²) < 4.78 is 10.8. The normalized spacial score (nSPS) is 12.7. The topological polar surface area (TPSA) is 105 Å². The Bertz CT molecular complexity index is 972. The first kappa shape index (κ1) is 27.6. The van der Waals surface area contributed by atoms with Gasteiger partial charge in [0.15, 0.2) is 0 Å². The first-order chi connectivity index (χ1) is 16.6. The van der Waals surface area contributed by atoms with Gasteiger partial charge in [-0.25, -0.2) is 4.79 Å². The number of nitrogens with one attached hydrogen (secondary N) is 1. The molecule has 0 saturated heterocycles. The van der Waals surface area contributed by atoms with E-state index in [1.165, 1.54) is 6.08 Å². The molecular formula is C27H34N2O6. The largest absolute Gasteiger partial charge is 0.461 e. The van der Waals surface area contributed by atoms with Crippen molar-refractivity contribution in [1.29, 1.82) is 0 Å². The molecule has 0 bridgehead atoms. The molecule has 2 amide bonds. The third-order valence-corrected chi connectivity index (χ3v) is 4.99. The van der Waals surface area contributed by atoms with Crippen molar-refractivity contribution >= 4 is 18.0 Å². The molecule has 35 heavy (non-hydrogen) atoms. The average Bonchev–Trinajstić information content (AvgIpc) is 2.83. The molecule has 0 fully saturated rings. The summed E-state index contributed by atoms with van der Waals surface area (Å²) in [6.45, 7) is 8.24. The molecule has 2 aromatic rings. The Labute approximate surface area is 206 Å². The maximum absolute atomic E-state index is 13.5. The van der Waals surface area contributed by atoms with Gasteiger partial charge in [-0.05, 0) is 38.3 Å². The van der Waals surface area contributed by atoms with Crippen LogP contribution in [0.15, 0.2) is 73.3 Å². The third-order valence-electron chi connectivity index (χ3n) is 4.99. The zero-order valence-electron chi connectivity index (χ0n) is 20.5. The molecule has 0 aromatic heterocycles. The summed E-state index contributed by atoms with van der Waals surface area (Å²) in [6.07, 6.45) is 0.675. The molecule has 188 valence electrons. The number of alkyl carbamates (subject to hydrolysis) is 1. The predicted octanol–water partition coefficient (Wildman–Crippen LogP) is 3.79. The van der Waals surface area contributed by atoms with Gasteiger partial charge in [0, 0.05) is 6.54 Å². The summed E-state index contributed by atoms with van der Waals surface area (Å²) in [7, 11) is 0. The van der Waals surface area contributed by atoms with Crippen LogP contribution < -0.4 is 5.32 Å². The lowest BCUT2D eigenvalue weighted by Crippen LogP contribution is -2.55. The quantitative estimate of drug-likeness (QED) is 0.287. The second-order valence-electron chi connectivity index (χ2n) is 9.01.